The normalized spacial score (nSPS) is 27.7. The van der Waals surface area contributed by atoms with Gasteiger partial charge in [0.05, 0.1) is 29.2 Å². The van der Waals surface area contributed by atoms with E-state index in [0.717, 1.165) is 43.2 Å². The fourth-order valence-corrected chi connectivity index (χ4v) is 10.9. The first-order chi connectivity index (χ1) is 22.4. The van der Waals surface area contributed by atoms with Crippen molar-refractivity contribution in [3.8, 4) is 0 Å². The average molecular weight is 642 g/mol. The molecule has 0 radical (unpaired) electrons. The largest absolute Gasteiger partial charge is 0.394 e. The Morgan fingerprint density at radius 3 is 2.22 bits per heavy atom. The number of aliphatic hydroxyl groups is 1. The lowest BCUT2D eigenvalue weighted by Gasteiger charge is -2.42. The van der Waals surface area contributed by atoms with E-state index in [1.165, 1.54) is 6.42 Å². The molecule has 2 aromatic rings. The zero-order chi connectivity index (χ0) is 32.3. The number of hydrogen-bond donors (Lipinski definition) is 1. The molecule has 3 heterocycles. The Morgan fingerprint density at radius 1 is 0.935 bits per heavy atom. The zero-order valence-corrected chi connectivity index (χ0v) is 27.5. The highest BCUT2D eigenvalue weighted by atomic mass is 32.2. The molecule has 2 aromatic carbocycles. The third kappa shape index (κ3) is 5.95. The van der Waals surface area contributed by atoms with Crippen molar-refractivity contribution in [3.05, 3.63) is 97.1 Å². The summed E-state index contributed by atoms with van der Waals surface area (Å²) in [5.74, 6) is -1.42. The van der Waals surface area contributed by atoms with Gasteiger partial charge < -0.3 is 19.8 Å². The van der Waals surface area contributed by atoms with Crippen LogP contribution >= 0.6 is 11.8 Å². The van der Waals surface area contributed by atoms with E-state index in [1.807, 2.05) is 70.5 Å². The van der Waals surface area contributed by atoms with Crippen molar-refractivity contribution in [3.63, 3.8) is 0 Å². The summed E-state index contributed by atoms with van der Waals surface area (Å²) >= 11 is 1.70. The highest BCUT2D eigenvalue weighted by Gasteiger charge is 2.74. The molecule has 6 rings (SSSR count). The van der Waals surface area contributed by atoms with Gasteiger partial charge >= 0.3 is 0 Å². The lowest BCUT2D eigenvalue weighted by molar-refractivity contribution is -0.148. The molecule has 4 aliphatic rings. The van der Waals surface area contributed by atoms with Gasteiger partial charge in [-0.05, 0) is 43.2 Å². The van der Waals surface area contributed by atoms with Crippen molar-refractivity contribution in [1.29, 1.82) is 0 Å². The molecule has 0 aromatic heterocycles. The molecule has 6 atom stereocenters. The number of thioether (sulfide) groups is 1. The first kappa shape index (κ1) is 32.6. The number of hydrogen-bond acceptors (Lipinski definition) is 5. The average Bonchev–Trinajstić information content (AvgIpc) is 3.74. The standard InChI is InChI=1S/C38H47N3O4S/c1-3-22-39(25-28-16-10-6-11-17-28)35(43)32-31-20-21-38(46-31)33(32)36(44)41(30(26-42)24-27-14-8-5-9-15-27)34(38)37(45)40(23-4-2)29-18-12-7-13-19-29/h3-6,8-11,14-17,29-34,42H,1-2,7,12-13,18-26H2/t30-,31-,32+,33+,34?,38?/m1/s1. The molecule has 3 amide bonds. The predicted molar refractivity (Wildman–Crippen MR) is 183 cm³/mol. The molecule has 8 heteroatoms. The highest BCUT2D eigenvalue weighted by molar-refractivity contribution is 8.02. The molecule has 2 bridgehead atoms. The first-order valence-corrected chi connectivity index (χ1v) is 17.8. The van der Waals surface area contributed by atoms with Gasteiger partial charge in [-0.1, -0.05) is 92.1 Å². The number of rotatable bonds is 13. The summed E-state index contributed by atoms with van der Waals surface area (Å²) in [6.07, 6.45) is 10.7. The van der Waals surface area contributed by atoms with Gasteiger partial charge in [-0.2, -0.15) is 0 Å². The second-order valence-electron chi connectivity index (χ2n) is 13.4. The molecule has 244 valence electrons. The smallest absolute Gasteiger partial charge is 0.247 e. The number of amides is 3. The minimum atomic E-state index is -0.748. The van der Waals surface area contributed by atoms with E-state index < -0.39 is 28.7 Å². The molecule has 46 heavy (non-hydrogen) atoms. The Balaban J connectivity index is 1.39. The van der Waals surface area contributed by atoms with Crippen molar-refractivity contribution in [2.24, 2.45) is 11.8 Å². The molecule has 2 unspecified atom stereocenters. The van der Waals surface area contributed by atoms with E-state index in [9.17, 15) is 14.7 Å². The lowest BCUT2D eigenvalue weighted by atomic mass is 9.70. The minimum absolute atomic E-state index is 0.0359. The third-order valence-electron chi connectivity index (χ3n) is 10.7. The van der Waals surface area contributed by atoms with Gasteiger partial charge in [-0.3, -0.25) is 14.4 Å². The van der Waals surface area contributed by atoms with Crippen molar-refractivity contribution >= 4 is 29.5 Å². The minimum Gasteiger partial charge on any atom is -0.394 e. The van der Waals surface area contributed by atoms with E-state index in [2.05, 4.69) is 13.2 Å². The summed E-state index contributed by atoms with van der Waals surface area (Å²) in [6.45, 7) is 8.88. The summed E-state index contributed by atoms with van der Waals surface area (Å²) in [4.78, 5) is 50.0. The molecule has 7 nitrogen and oxygen atoms in total. The molecule has 1 saturated carbocycles. The maximum Gasteiger partial charge on any atom is 0.247 e. The first-order valence-electron chi connectivity index (χ1n) is 16.9. The number of carbonyl (C=O) groups excluding carboxylic acids is 3. The number of likely N-dealkylation sites (tertiary alicyclic amines) is 1. The van der Waals surface area contributed by atoms with Gasteiger partial charge in [0.15, 0.2) is 0 Å². The Morgan fingerprint density at radius 2 is 1.59 bits per heavy atom. The monoisotopic (exact) mass is 641 g/mol. The molecule has 1 aliphatic carbocycles. The fraction of sp³-hybridized carbons (Fsp3) is 0.500. The molecule has 4 fully saturated rings. The van der Waals surface area contributed by atoms with Gasteiger partial charge in [0.1, 0.15) is 6.04 Å². The molecule has 1 N–H and O–H groups in total. The third-order valence-corrected chi connectivity index (χ3v) is 12.6. The Hall–Kier alpha value is -3.36. The molecule has 3 aliphatic heterocycles. The van der Waals surface area contributed by atoms with E-state index in [0.29, 0.717) is 32.5 Å². The van der Waals surface area contributed by atoms with Gasteiger partial charge in [-0.15, -0.1) is 24.9 Å². The molecular weight excluding hydrogens is 595 g/mol. The van der Waals surface area contributed by atoms with Crippen LogP contribution in [0.2, 0.25) is 0 Å². The summed E-state index contributed by atoms with van der Waals surface area (Å²) in [5.41, 5.74) is 2.02. The quantitative estimate of drug-likeness (QED) is 0.303. The fourth-order valence-electron chi connectivity index (χ4n) is 8.69. The summed E-state index contributed by atoms with van der Waals surface area (Å²) in [5, 5.41) is 10.8. The van der Waals surface area contributed by atoms with Crippen LogP contribution < -0.4 is 0 Å². The van der Waals surface area contributed by atoms with Gasteiger partial charge in [0, 0.05) is 30.9 Å². The molecule has 1 spiro atoms. The number of benzene rings is 2. The summed E-state index contributed by atoms with van der Waals surface area (Å²) in [6, 6.07) is 18.5. The SMILES string of the molecule is C=CCN(Cc1ccccc1)C(=O)[C@@H]1[C@H]2C(=O)N([C@@H](CO)Cc3ccccc3)C(C(=O)N(CC=C)C3CCCCC3)C23CC[C@H]1S3. The predicted octanol–water partition coefficient (Wildman–Crippen LogP) is 5.24. The number of fused-ring (bicyclic) bond motifs is 1. The Labute approximate surface area is 277 Å². The van der Waals surface area contributed by atoms with Crippen LogP contribution in [0.25, 0.3) is 0 Å². The van der Waals surface area contributed by atoms with Crippen molar-refractivity contribution in [2.45, 2.75) is 86.0 Å². The maximum absolute atomic E-state index is 15.0. The molecular formula is C38H47N3O4S. The topological polar surface area (TPSA) is 81.2 Å². The van der Waals surface area contributed by atoms with Crippen LogP contribution in [0.4, 0.5) is 0 Å². The summed E-state index contributed by atoms with van der Waals surface area (Å²) in [7, 11) is 0. The second kappa shape index (κ2) is 14.2. The number of nitrogens with zero attached hydrogens (tertiary/aromatic N) is 3. The highest BCUT2D eigenvalue weighted by Crippen LogP contribution is 2.67. The number of aliphatic hydroxyl groups excluding tert-OH is 1. The van der Waals surface area contributed by atoms with Crippen LogP contribution in [0.5, 0.6) is 0 Å². The Bertz CT molecular complexity index is 1410. The zero-order valence-electron chi connectivity index (χ0n) is 26.7. The molecule has 3 saturated heterocycles. The van der Waals surface area contributed by atoms with Gasteiger partial charge in [0.25, 0.3) is 0 Å². The van der Waals surface area contributed by atoms with Crippen LogP contribution in [0.15, 0.2) is 86.0 Å². The second-order valence-corrected chi connectivity index (χ2v) is 15.0. The van der Waals surface area contributed by atoms with Crippen LogP contribution in [-0.4, -0.2) is 85.3 Å². The van der Waals surface area contributed by atoms with E-state index in [1.54, 1.807) is 28.8 Å². The van der Waals surface area contributed by atoms with Crippen LogP contribution in [0.3, 0.4) is 0 Å². The van der Waals surface area contributed by atoms with E-state index >= 15 is 4.79 Å². The van der Waals surface area contributed by atoms with Crippen molar-refractivity contribution in [2.75, 3.05) is 19.7 Å². The van der Waals surface area contributed by atoms with Crippen LogP contribution in [0, 0.1) is 11.8 Å². The maximum atomic E-state index is 15.0. The van der Waals surface area contributed by atoms with Crippen molar-refractivity contribution in [1.82, 2.24) is 14.7 Å². The Kier molecular flexibility index (Phi) is 10.0. The van der Waals surface area contributed by atoms with Gasteiger partial charge in [0.2, 0.25) is 17.7 Å². The van der Waals surface area contributed by atoms with E-state index in [4.69, 9.17) is 0 Å². The van der Waals surface area contributed by atoms with E-state index in [-0.39, 0.29) is 35.6 Å². The lowest BCUT2D eigenvalue weighted by Crippen LogP contribution is -2.59. The van der Waals surface area contributed by atoms with Crippen LogP contribution in [0.1, 0.15) is 56.1 Å². The summed E-state index contributed by atoms with van der Waals surface area (Å²) < 4.78 is -0.718. The van der Waals surface area contributed by atoms with Crippen molar-refractivity contribution < 1.29 is 19.5 Å². The van der Waals surface area contributed by atoms with Gasteiger partial charge in [-0.25, -0.2) is 0 Å². The van der Waals surface area contributed by atoms with Crippen LogP contribution in [-0.2, 0) is 27.3 Å². The number of carbonyl (C=O) groups is 3.